The Morgan fingerprint density at radius 3 is 2.64 bits per heavy atom. The molecule has 6 rings (SSSR count). The van der Waals surface area contributed by atoms with Crippen molar-refractivity contribution >= 4 is 53.4 Å². The Morgan fingerprint density at radius 2 is 1.93 bits per heavy atom. The molecule has 2 aliphatic heterocycles. The van der Waals surface area contributed by atoms with Gasteiger partial charge in [-0.2, -0.15) is 0 Å². The molecule has 1 unspecified atom stereocenters. The zero-order chi connectivity index (χ0) is 41.3. The highest BCUT2D eigenvalue weighted by Crippen LogP contribution is 2.39. The number of carboxylic acid groups (broad SMARTS) is 1. The predicted octanol–water partition coefficient (Wildman–Crippen LogP) is 6.22. The van der Waals surface area contributed by atoms with Crippen LogP contribution in [-0.2, 0) is 27.8 Å². The molecule has 0 saturated carbocycles. The number of hydrogen-bond acceptors (Lipinski definition) is 9. The molecule has 0 fully saturated rings. The lowest BCUT2D eigenvalue weighted by Gasteiger charge is -2.28. The topological polar surface area (TPSA) is 156 Å². The van der Waals surface area contributed by atoms with Crippen molar-refractivity contribution in [2.24, 2.45) is 7.05 Å². The van der Waals surface area contributed by atoms with Crippen molar-refractivity contribution in [3.63, 3.8) is 0 Å². The molecule has 304 valence electrons. The van der Waals surface area contributed by atoms with Gasteiger partial charge in [0.15, 0.2) is 28.0 Å². The molecule has 2 amide bonds. The third-order valence-corrected chi connectivity index (χ3v) is 10.4. The fraction of sp³-hybridized carbons (Fsp3) is 0.325. The number of aromatic nitrogens is 2. The van der Waals surface area contributed by atoms with Crippen LogP contribution in [0.15, 0.2) is 65.8 Å². The summed E-state index contributed by atoms with van der Waals surface area (Å²) in [7, 11) is -0.884. The van der Waals surface area contributed by atoms with E-state index < -0.39 is 24.8 Å². The molecule has 18 heteroatoms. The van der Waals surface area contributed by atoms with Gasteiger partial charge in [0.2, 0.25) is 11.8 Å². The lowest BCUT2D eigenvalue weighted by Crippen LogP contribution is -2.32. The van der Waals surface area contributed by atoms with E-state index in [1.54, 1.807) is 41.9 Å². The summed E-state index contributed by atoms with van der Waals surface area (Å²) in [5.41, 5.74) is 4.74. The van der Waals surface area contributed by atoms with Crippen molar-refractivity contribution in [3.8, 4) is 17.2 Å². The first-order chi connectivity index (χ1) is 27.9. The molecule has 0 saturated heterocycles. The van der Waals surface area contributed by atoms with E-state index in [9.17, 15) is 32.5 Å². The van der Waals surface area contributed by atoms with Gasteiger partial charge >= 0.3 is 13.4 Å². The third kappa shape index (κ3) is 10.4. The monoisotopic (exact) mass is 819 g/mol. The fourth-order valence-corrected chi connectivity index (χ4v) is 7.33. The van der Waals surface area contributed by atoms with Gasteiger partial charge in [0.1, 0.15) is 18.2 Å². The quantitative estimate of drug-likeness (QED) is 0.0676. The number of hydrogen-bond donors (Lipinski definition) is 4. The molecule has 4 N–H and O–H groups in total. The molecular formula is C40H43BF3N6O7S+. The molecule has 0 spiro atoms. The van der Waals surface area contributed by atoms with E-state index in [0.29, 0.717) is 35.3 Å². The molecular weight excluding hydrogens is 776 g/mol. The van der Waals surface area contributed by atoms with Crippen LogP contribution in [0.2, 0.25) is 0 Å². The molecule has 1 atom stereocenters. The Labute approximate surface area is 337 Å². The number of halogens is 3. The minimum Gasteiger partial charge on any atom is -0.487 e. The highest BCUT2D eigenvalue weighted by molar-refractivity contribution is 7.13. The number of aryl methyl sites for hydroxylation is 2. The number of fused-ring (bicyclic) bond motifs is 1. The maximum atomic E-state index is 14.6. The van der Waals surface area contributed by atoms with Crippen molar-refractivity contribution in [2.45, 2.75) is 45.6 Å². The summed E-state index contributed by atoms with van der Waals surface area (Å²) < 4.78 is 63.5. The normalized spacial score (nSPS) is 15.4. The molecule has 0 radical (unpaired) electrons. The van der Waals surface area contributed by atoms with Crippen molar-refractivity contribution in [2.75, 3.05) is 38.2 Å². The Hall–Kier alpha value is -5.72. The Morgan fingerprint density at radius 1 is 1.10 bits per heavy atom. The van der Waals surface area contributed by atoms with Crippen LogP contribution in [0, 0.1) is 19.7 Å². The van der Waals surface area contributed by atoms with Crippen LogP contribution in [-0.4, -0.2) is 83.0 Å². The largest absolute Gasteiger partial charge is 0.934 e. The number of carbonyl (C=O) groups excluding carboxylic acids is 2. The molecule has 13 nitrogen and oxygen atoms in total. The number of anilines is 1. The van der Waals surface area contributed by atoms with Gasteiger partial charge in [-0.05, 0) is 73.8 Å². The van der Waals surface area contributed by atoms with Crippen LogP contribution < -0.4 is 25.4 Å². The third-order valence-electron chi connectivity index (χ3n) is 9.73. The van der Waals surface area contributed by atoms with Crippen LogP contribution in [0.25, 0.3) is 6.08 Å². The zero-order valence-corrected chi connectivity index (χ0v) is 33.0. The van der Waals surface area contributed by atoms with E-state index in [2.05, 4.69) is 20.9 Å². The van der Waals surface area contributed by atoms with Gasteiger partial charge in [-0.1, -0.05) is 0 Å². The second kappa shape index (κ2) is 19.2. The van der Waals surface area contributed by atoms with Crippen molar-refractivity contribution in [1.29, 1.82) is 0 Å². The van der Waals surface area contributed by atoms with Gasteiger partial charge in [0.05, 0.1) is 24.5 Å². The first-order valence-corrected chi connectivity index (χ1v) is 19.5. The van der Waals surface area contributed by atoms with E-state index in [0.717, 1.165) is 44.7 Å². The second-order valence-corrected chi connectivity index (χ2v) is 14.6. The number of nitrogens with zero attached hydrogens (tertiary/aromatic N) is 3. The van der Waals surface area contributed by atoms with Gasteiger partial charge in [0.25, 0.3) is 0 Å². The maximum absolute atomic E-state index is 14.6. The van der Waals surface area contributed by atoms with Gasteiger partial charge < -0.3 is 39.8 Å². The zero-order valence-electron chi connectivity index (χ0n) is 32.2. The maximum Gasteiger partial charge on any atom is 0.934 e. The summed E-state index contributed by atoms with van der Waals surface area (Å²) in [5.74, 6) is -2.34. The summed E-state index contributed by atoms with van der Waals surface area (Å²) in [4.78, 5) is 40.9. The number of rotatable bonds is 18. The smallest absolute Gasteiger partial charge is 0.487 e. The van der Waals surface area contributed by atoms with Crippen LogP contribution in [0.3, 0.4) is 0 Å². The average molecular weight is 820 g/mol. The minimum absolute atomic E-state index is 0.0124. The SMILES string of the molecule is Cc1cc(C)n(C)c1/C=C1/C=CC(CCC(=O)NCCOCCOc2cc3c(cc2Oc2ccc(C(=O)O)c(F)c2)C(CC(=O)Nc2nccs2)NCC3)=[N+]1B(F)F. The summed E-state index contributed by atoms with van der Waals surface area (Å²) in [6, 6.07) is 8.56. The van der Waals surface area contributed by atoms with Crippen molar-refractivity contribution in [3.05, 3.63) is 105 Å². The lowest BCUT2D eigenvalue weighted by atomic mass is 9.91. The number of nitrogens with one attached hydrogen (secondary N) is 3. The highest BCUT2D eigenvalue weighted by atomic mass is 32.1. The standard InChI is InChI=1S/C40H42BF3N6O7S/c1-24-18-25(2)49(3)34(24)20-28-5-4-27(50(28)41(43)44)6-9-37(51)46-12-14-55-15-16-56-35-19-26-10-11-45-33(23-38(52)48-40-47-13-17-58-40)31(26)22-36(35)57-29-7-8-30(39(53)54)32(42)21-29/h4-5,7-8,13,17-22,33,45H,6,9-12,14-16,23H2,1-3H3,(H2-,46,47,48,51,52,53,54)/p+1. The number of carbonyl (C=O) groups is 3. The summed E-state index contributed by atoms with van der Waals surface area (Å²) in [6.07, 6.45) is 7.45. The van der Waals surface area contributed by atoms with Gasteiger partial charge in [-0.15, -0.1) is 11.3 Å². The van der Waals surface area contributed by atoms with Gasteiger partial charge in [-0.25, -0.2) is 27.3 Å². The van der Waals surface area contributed by atoms with Crippen molar-refractivity contribution in [1.82, 2.24) is 20.2 Å². The van der Waals surface area contributed by atoms with Crippen LogP contribution in [0.5, 0.6) is 17.2 Å². The lowest BCUT2D eigenvalue weighted by molar-refractivity contribution is -0.342. The predicted molar refractivity (Wildman–Crippen MR) is 213 cm³/mol. The second-order valence-electron chi connectivity index (χ2n) is 13.7. The number of carboxylic acids is 1. The molecule has 0 aliphatic carbocycles. The first-order valence-electron chi connectivity index (χ1n) is 18.6. The van der Waals surface area contributed by atoms with E-state index in [-0.39, 0.29) is 75.0 Å². The summed E-state index contributed by atoms with van der Waals surface area (Å²) >= 11 is 1.31. The average Bonchev–Trinajstić information content (AvgIpc) is 3.90. The Balaban J connectivity index is 1.02. The molecule has 0 bridgehead atoms. The first kappa shape index (κ1) is 41.9. The molecule has 2 aromatic carbocycles. The molecule has 58 heavy (non-hydrogen) atoms. The highest BCUT2D eigenvalue weighted by Gasteiger charge is 2.41. The molecule has 2 aromatic heterocycles. The number of benzene rings is 2. The Bertz CT molecular complexity index is 2260. The van der Waals surface area contributed by atoms with Crippen LogP contribution in [0.1, 0.15) is 63.7 Å². The summed E-state index contributed by atoms with van der Waals surface area (Å²) in [5, 5.41) is 20.4. The van der Waals surface area contributed by atoms with E-state index in [1.165, 1.54) is 17.4 Å². The van der Waals surface area contributed by atoms with Crippen molar-refractivity contribution < 1.29 is 51.2 Å². The molecule has 4 heterocycles. The van der Waals surface area contributed by atoms with E-state index in [4.69, 9.17) is 14.2 Å². The van der Waals surface area contributed by atoms with E-state index >= 15 is 0 Å². The minimum atomic E-state index is -2.77. The van der Waals surface area contributed by atoms with E-state index in [1.807, 2.05) is 31.5 Å². The number of allylic oxidation sites excluding steroid dienone is 2. The van der Waals surface area contributed by atoms with Gasteiger partial charge in [-0.3, -0.25) is 9.59 Å². The Kier molecular flexibility index (Phi) is 13.8. The van der Waals surface area contributed by atoms with Crippen LogP contribution >= 0.6 is 11.3 Å². The molecule has 2 aliphatic rings. The molecule has 4 aromatic rings. The summed E-state index contributed by atoms with van der Waals surface area (Å²) in [6.45, 7) is 5.05. The fourth-order valence-electron chi connectivity index (χ4n) is 6.79. The number of aromatic carboxylic acids is 1. The van der Waals surface area contributed by atoms with Gasteiger partial charge in [0, 0.05) is 80.5 Å². The van der Waals surface area contributed by atoms with Crippen LogP contribution in [0.4, 0.5) is 18.2 Å². The number of amides is 2. The number of thiazole rings is 1. The number of ether oxygens (including phenoxy) is 3.